The number of rotatable bonds is 2. The summed E-state index contributed by atoms with van der Waals surface area (Å²) >= 11 is 0. The van der Waals surface area contributed by atoms with Gasteiger partial charge in [-0.05, 0) is 19.4 Å². The summed E-state index contributed by atoms with van der Waals surface area (Å²) in [5.41, 5.74) is 0.427. The molecule has 1 aliphatic heterocycles. The number of hydrogen-bond donors (Lipinski definition) is 1. The van der Waals surface area contributed by atoms with E-state index in [1.807, 2.05) is 30.3 Å². The van der Waals surface area contributed by atoms with Crippen molar-refractivity contribution in [3.05, 3.63) is 35.9 Å². The number of ether oxygens (including phenoxy) is 1. The van der Waals surface area contributed by atoms with Gasteiger partial charge < -0.3 is 4.74 Å². The average molecular weight is 219 g/mol. The molecule has 86 valence electrons. The molecule has 3 heteroatoms. The van der Waals surface area contributed by atoms with E-state index in [1.54, 1.807) is 0 Å². The van der Waals surface area contributed by atoms with Crippen molar-refractivity contribution in [1.29, 1.82) is 0 Å². The van der Waals surface area contributed by atoms with Crippen LogP contribution in [-0.2, 0) is 15.3 Å². The number of carbonyl (C=O) groups excluding carboxylic acids is 1. The van der Waals surface area contributed by atoms with Crippen molar-refractivity contribution in [2.45, 2.75) is 31.9 Å². The maximum Gasteiger partial charge on any atom is 0.304 e. The van der Waals surface area contributed by atoms with Gasteiger partial charge in [0.2, 0.25) is 0 Å². The summed E-state index contributed by atoms with van der Waals surface area (Å²) in [6.45, 7) is 2.35. The van der Waals surface area contributed by atoms with E-state index in [0.717, 1.165) is 31.4 Å². The van der Waals surface area contributed by atoms with Gasteiger partial charge >= 0.3 is 5.97 Å². The summed E-state index contributed by atoms with van der Waals surface area (Å²) in [4.78, 5) is 11.2. The van der Waals surface area contributed by atoms with E-state index in [2.05, 4.69) is 5.32 Å². The van der Waals surface area contributed by atoms with E-state index < -0.39 is 5.72 Å². The number of nitrogens with one attached hydrogen (secondary N) is 1. The third-order valence-electron chi connectivity index (χ3n) is 2.92. The molecule has 0 amide bonds. The van der Waals surface area contributed by atoms with Crippen LogP contribution in [0.1, 0.15) is 31.7 Å². The van der Waals surface area contributed by atoms with Gasteiger partial charge in [0, 0.05) is 18.9 Å². The maximum atomic E-state index is 11.2. The Labute approximate surface area is 95.8 Å². The van der Waals surface area contributed by atoms with Crippen molar-refractivity contribution in [3.8, 4) is 0 Å². The predicted molar refractivity (Wildman–Crippen MR) is 61.7 cm³/mol. The lowest BCUT2D eigenvalue weighted by atomic mass is 9.93. The van der Waals surface area contributed by atoms with Gasteiger partial charge in [-0.15, -0.1) is 0 Å². The summed E-state index contributed by atoms with van der Waals surface area (Å²) in [5, 5.41) is 3.34. The minimum atomic E-state index is -0.606. The topological polar surface area (TPSA) is 38.3 Å². The molecule has 0 bridgehead atoms. The number of esters is 1. The first kappa shape index (κ1) is 11.1. The van der Waals surface area contributed by atoms with E-state index in [9.17, 15) is 4.79 Å². The fourth-order valence-corrected chi connectivity index (χ4v) is 2.22. The Balaban J connectivity index is 2.29. The van der Waals surface area contributed by atoms with Crippen molar-refractivity contribution in [3.63, 3.8) is 0 Å². The molecular weight excluding hydrogens is 202 g/mol. The first-order valence-corrected chi connectivity index (χ1v) is 5.73. The zero-order valence-corrected chi connectivity index (χ0v) is 9.53. The van der Waals surface area contributed by atoms with Gasteiger partial charge in [-0.25, -0.2) is 0 Å². The van der Waals surface area contributed by atoms with Crippen LogP contribution in [0.25, 0.3) is 0 Å². The fraction of sp³-hybridized carbons (Fsp3) is 0.462. The highest BCUT2D eigenvalue weighted by molar-refractivity contribution is 5.66. The molecular formula is C13H17NO2. The van der Waals surface area contributed by atoms with Crippen molar-refractivity contribution in [2.75, 3.05) is 6.54 Å². The van der Waals surface area contributed by atoms with Gasteiger partial charge in [-0.1, -0.05) is 30.3 Å². The molecule has 0 radical (unpaired) electrons. The Morgan fingerprint density at radius 1 is 1.31 bits per heavy atom. The molecule has 0 saturated carbocycles. The summed E-state index contributed by atoms with van der Waals surface area (Å²) in [5.74, 6) is -0.238. The van der Waals surface area contributed by atoms with Crippen molar-refractivity contribution in [1.82, 2.24) is 5.32 Å². The molecule has 1 N–H and O–H groups in total. The van der Waals surface area contributed by atoms with Crippen LogP contribution in [0, 0.1) is 0 Å². The van der Waals surface area contributed by atoms with E-state index in [4.69, 9.17) is 4.74 Å². The largest absolute Gasteiger partial charge is 0.440 e. The van der Waals surface area contributed by atoms with Crippen LogP contribution < -0.4 is 5.32 Å². The quantitative estimate of drug-likeness (QED) is 0.775. The molecule has 1 saturated heterocycles. The van der Waals surface area contributed by atoms with E-state index in [0.29, 0.717) is 0 Å². The molecule has 1 fully saturated rings. The lowest BCUT2D eigenvalue weighted by Gasteiger charge is -2.37. The SMILES string of the molecule is CC(=O)OC1(c2ccccc2)CCCCN1. The minimum Gasteiger partial charge on any atom is -0.440 e. The second kappa shape index (κ2) is 4.66. The maximum absolute atomic E-state index is 11.2. The highest BCUT2D eigenvalue weighted by atomic mass is 16.6. The first-order valence-electron chi connectivity index (χ1n) is 5.73. The van der Waals surface area contributed by atoms with Crippen LogP contribution >= 0.6 is 0 Å². The fourth-order valence-electron chi connectivity index (χ4n) is 2.22. The smallest absolute Gasteiger partial charge is 0.304 e. The zero-order chi connectivity index (χ0) is 11.4. The van der Waals surface area contributed by atoms with E-state index in [-0.39, 0.29) is 5.97 Å². The lowest BCUT2D eigenvalue weighted by Crippen LogP contribution is -2.48. The first-order chi connectivity index (χ1) is 7.73. The Bertz CT molecular complexity index is 355. The average Bonchev–Trinajstić information content (AvgIpc) is 2.30. The normalized spacial score (nSPS) is 25.1. The summed E-state index contributed by atoms with van der Waals surface area (Å²) in [6, 6.07) is 9.91. The van der Waals surface area contributed by atoms with Crippen LogP contribution in [0.5, 0.6) is 0 Å². The summed E-state index contributed by atoms with van der Waals surface area (Å²) in [7, 11) is 0. The lowest BCUT2D eigenvalue weighted by molar-refractivity contribution is -0.166. The van der Waals surface area contributed by atoms with Gasteiger partial charge in [0.25, 0.3) is 0 Å². The van der Waals surface area contributed by atoms with Gasteiger partial charge in [0.05, 0.1) is 0 Å². The third kappa shape index (κ3) is 2.25. The predicted octanol–water partition coefficient (Wildman–Crippen LogP) is 2.18. The van der Waals surface area contributed by atoms with Gasteiger partial charge in [0.1, 0.15) is 0 Å². The molecule has 0 aliphatic carbocycles. The highest BCUT2D eigenvalue weighted by Crippen LogP contribution is 2.31. The molecule has 0 aromatic heterocycles. The molecule has 0 spiro atoms. The molecule has 1 aliphatic rings. The van der Waals surface area contributed by atoms with E-state index in [1.165, 1.54) is 6.92 Å². The van der Waals surface area contributed by atoms with Crippen molar-refractivity contribution in [2.24, 2.45) is 0 Å². The number of hydrogen-bond acceptors (Lipinski definition) is 3. The van der Waals surface area contributed by atoms with E-state index >= 15 is 0 Å². The number of benzene rings is 1. The van der Waals surface area contributed by atoms with Crippen LogP contribution in [0.2, 0.25) is 0 Å². The zero-order valence-electron chi connectivity index (χ0n) is 9.53. The second-order valence-electron chi connectivity index (χ2n) is 4.17. The number of carbonyl (C=O) groups is 1. The molecule has 1 aromatic rings. The Hall–Kier alpha value is -1.35. The third-order valence-corrected chi connectivity index (χ3v) is 2.92. The molecule has 1 heterocycles. The van der Waals surface area contributed by atoms with Crippen LogP contribution in [0.4, 0.5) is 0 Å². The van der Waals surface area contributed by atoms with Crippen molar-refractivity contribution >= 4 is 5.97 Å². The van der Waals surface area contributed by atoms with Crippen molar-refractivity contribution < 1.29 is 9.53 Å². The van der Waals surface area contributed by atoms with Gasteiger partial charge in [-0.3, -0.25) is 10.1 Å². The molecule has 1 atom stereocenters. The second-order valence-corrected chi connectivity index (χ2v) is 4.17. The van der Waals surface area contributed by atoms with Gasteiger partial charge in [-0.2, -0.15) is 0 Å². The molecule has 1 aromatic carbocycles. The Morgan fingerprint density at radius 3 is 2.62 bits per heavy atom. The standard InChI is InChI=1S/C13H17NO2/c1-11(15)16-13(9-5-6-10-14-13)12-7-3-2-4-8-12/h2-4,7-8,14H,5-6,9-10H2,1H3. The van der Waals surface area contributed by atoms with Crippen LogP contribution in [0.15, 0.2) is 30.3 Å². The Morgan fingerprint density at radius 2 is 2.06 bits per heavy atom. The molecule has 16 heavy (non-hydrogen) atoms. The molecule has 1 unspecified atom stereocenters. The molecule has 3 nitrogen and oxygen atoms in total. The highest BCUT2D eigenvalue weighted by Gasteiger charge is 2.36. The number of piperidine rings is 1. The monoisotopic (exact) mass is 219 g/mol. The Kier molecular flexibility index (Phi) is 3.25. The summed E-state index contributed by atoms with van der Waals surface area (Å²) in [6.07, 6.45) is 3.06. The van der Waals surface area contributed by atoms with Crippen LogP contribution in [-0.4, -0.2) is 12.5 Å². The summed E-state index contributed by atoms with van der Waals surface area (Å²) < 4.78 is 5.51. The van der Waals surface area contributed by atoms with Gasteiger partial charge in [0.15, 0.2) is 5.72 Å². The minimum absolute atomic E-state index is 0.238. The molecule has 2 rings (SSSR count). The van der Waals surface area contributed by atoms with Crippen LogP contribution in [0.3, 0.4) is 0 Å².